The summed E-state index contributed by atoms with van der Waals surface area (Å²) in [6, 6.07) is 4.75. The first kappa shape index (κ1) is 45.4. The summed E-state index contributed by atoms with van der Waals surface area (Å²) in [4.78, 5) is 27.5. The Bertz CT molecular complexity index is 1690. The van der Waals surface area contributed by atoms with Crippen molar-refractivity contribution in [2.45, 2.75) is 129 Å². The number of hydrogen-bond donors (Lipinski definition) is 9. The van der Waals surface area contributed by atoms with E-state index in [2.05, 4.69) is 49.4 Å². The molecule has 0 radical (unpaired) electrons. The Morgan fingerprint density at radius 1 is 1.20 bits per heavy atom. The lowest BCUT2D eigenvalue weighted by atomic mass is 9.52. The molecular weight excluding hydrogens is 709 g/mol. The Labute approximate surface area is 333 Å². The van der Waals surface area contributed by atoms with Gasteiger partial charge in [0.25, 0.3) is 0 Å². The van der Waals surface area contributed by atoms with E-state index in [9.17, 15) is 35.1 Å². The van der Waals surface area contributed by atoms with E-state index in [0.717, 1.165) is 24.1 Å². The second kappa shape index (κ2) is 19.9. The molecule has 2 aliphatic carbocycles. The maximum absolute atomic E-state index is 14.4. The summed E-state index contributed by atoms with van der Waals surface area (Å²) >= 11 is 0. The lowest BCUT2D eigenvalue weighted by Crippen LogP contribution is -2.59. The van der Waals surface area contributed by atoms with Crippen molar-refractivity contribution in [3.63, 3.8) is 0 Å². The second-order valence-electron chi connectivity index (χ2n) is 16.6. The van der Waals surface area contributed by atoms with Crippen molar-refractivity contribution < 1.29 is 35.1 Å². The summed E-state index contributed by atoms with van der Waals surface area (Å²) < 4.78 is 0. The monoisotopic (exact) mass is 777 g/mol. The van der Waals surface area contributed by atoms with E-state index in [1.54, 1.807) is 13.8 Å². The van der Waals surface area contributed by atoms with Crippen LogP contribution in [0.5, 0.6) is 0 Å². The minimum Gasteiger partial charge on any atom is -0.396 e. The van der Waals surface area contributed by atoms with Crippen LogP contribution in [0.4, 0.5) is 0 Å². The Morgan fingerprint density at radius 2 is 1.93 bits per heavy atom. The molecule has 11 heteroatoms. The molecule has 9 atom stereocenters. The van der Waals surface area contributed by atoms with Gasteiger partial charge in [-0.2, -0.15) is 0 Å². The number of carbonyl (C=O) groups excluding carboxylic acids is 2. The zero-order valence-electron chi connectivity index (χ0n) is 34.4. The standard InChI is InChI=1S/C45H68N4O7/c1-8-47-37(18-17-27(2)3)28(4)12-9-14-32(26-51)34-20-22-45(41(34)54)36(16-11-23-50)33(19-21-44(45,7)56)30(6)38(53)24-31-13-10-15-35-39(31)40(48-25-29(5)52)43(55)49-42(35)46/h9-10,12-15,17,29,34,36-37,40-42,47-48,50-52,54,56H,4,8,11,16,18-26,46H2,1-3,5-7H3,(H,49,55)/b12-9+,32-14-,33-30+/t29-,34+,36+,37-,40-,41+,42-,44+,45+/m0/s1. The summed E-state index contributed by atoms with van der Waals surface area (Å²) in [5.74, 6) is -1.31. The zero-order valence-corrected chi connectivity index (χ0v) is 34.4. The van der Waals surface area contributed by atoms with Gasteiger partial charge in [-0.25, -0.2) is 0 Å². The number of Topliss-reactive ketones (excluding diaryl/α,β-unsaturated/α-hetero) is 1. The smallest absolute Gasteiger partial charge is 0.243 e. The van der Waals surface area contributed by atoms with E-state index >= 15 is 0 Å². The summed E-state index contributed by atoms with van der Waals surface area (Å²) in [5, 5.41) is 64.7. The largest absolute Gasteiger partial charge is 0.396 e. The third-order valence-corrected chi connectivity index (χ3v) is 12.6. The average Bonchev–Trinajstić information content (AvgIpc) is 3.49. The number of carbonyl (C=O) groups is 2. The van der Waals surface area contributed by atoms with Crippen molar-refractivity contribution >= 4 is 11.7 Å². The van der Waals surface area contributed by atoms with Crippen molar-refractivity contribution in [2.75, 3.05) is 26.3 Å². The molecule has 0 saturated heterocycles. The average molecular weight is 777 g/mol. The topological polar surface area (TPSA) is 197 Å². The second-order valence-corrected chi connectivity index (χ2v) is 16.6. The molecule has 11 nitrogen and oxygen atoms in total. The number of nitrogens with one attached hydrogen (secondary N) is 3. The molecule has 2 fully saturated rings. The summed E-state index contributed by atoms with van der Waals surface area (Å²) in [5.41, 5.74) is 10.2. The van der Waals surface area contributed by atoms with E-state index in [4.69, 9.17) is 5.73 Å². The van der Waals surface area contributed by atoms with E-state index in [0.29, 0.717) is 66.4 Å². The molecule has 2 saturated carbocycles. The molecule has 1 spiro atoms. The fraction of sp³-hybridized carbons (Fsp3) is 0.600. The van der Waals surface area contributed by atoms with Crippen LogP contribution in [-0.2, 0) is 16.0 Å². The number of allylic oxidation sites excluding steroid dienone is 5. The Kier molecular flexibility index (Phi) is 16.2. The normalized spacial score (nSPS) is 29.9. The van der Waals surface area contributed by atoms with Gasteiger partial charge in [0, 0.05) is 36.9 Å². The quantitative estimate of drug-likeness (QED) is 0.0590. The van der Waals surface area contributed by atoms with Crippen LogP contribution in [0.15, 0.2) is 76.9 Å². The molecule has 310 valence electrons. The van der Waals surface area contributed by atoms with E-state index in [-0.39, 0.29) is 43.9 Å². The number of benzene rings is 1. The van der Waals surface area contributed by atoms with Crippen LogP contribution in [0.3, 0.4) is 0 Å². The van der Waals surface area contributed by atoms with Gasteiger partial charge in [0.15, 0.2) is 5.78 Å². The van der Waals surface area contributed by atoms with Crippen molar-refractivity contribution in [3.8, 4) is 0 Å². The third-order valence-electron chi connectivity index (χ3n) is 12.6. The number of hydrogen-bond acceptors (Lipinski definition) is 10. The molecule has 1 amide bonds. The van der Waals surface area contributed by atoms with E-state index < -0.39 is 47.3 Å². The van der Waals surface area contributed by atoms with Crippen LogP contribution >= 0.6 is 0 Å². The molecule has 1 aliphatic heterocycles. The number of likely N-dealkylation sites (N-methyl/N-ethyl adjacent to an activating group) is 1. The highest BCUT2D eigenvalue weighted by Gasteiger charge is 2.64. The van der Waals surface area contributed by atoms with E-state index in [1.165, 1.54) is 5.57 Å². The van der Waals surface area contributed by atoms with Crippen LogP contribution in [0.2, 0.25) is 0 Å². The molecule has 10 N–H and O–H groups in total. The van der Waals surface area contributed by atoms with Crippen LogP contribution in [0, 0.1) is 17.3 Å². The maximum atomic E-state index is 14.4. The van der Waals surface area contributed by atoms with Crippen molar-refractivity contribution in [2.24, 2.45) is 23.0 Å². The predicted octanol–water partition coefficient (Wildman–Crippen LogP) is 4.27. The summed E-state index contributed by atoms with van der Waals surface area (Å²) in [6.45, 7) is 16.3. The van der Waals surface area contributed by atoms with Crippen molar-refractivity contribution in [3.05, 3.63) is 93.6 Å². The van der Waals surface area contributed by atoms with Crippen LogP contribution in [-0.4, -0.2) is 87.4 Å². The molecule has 56 heavy (non-hydrogen) atoms. The highest BCUT2D eigenvalue weighted by molar-refractivity contribution is 5.98. The minimum atomic E-state index is -1.28. The number of amides is 1. The van der Waals surface area contributed by atoms with Crippen molar-refractivity contribution in [1.82, 2.24) is 16.0 Å². The predicted molar refractivity (Wildman–Crippen MR) is 221 cm³/mol. The molecule has 4 rings (SSSR count). The molecule has 1 heterocycles. The Balaban J connectivity index is 1.68. The lowest BCUT2D eigenvalue weighted by Gasteiger charge is -2.55. The number of ketones is 1. The Morgan fingerprint density at radius 3 is 2.57 bits per heavy atom. The molecule has 1 aromatic carbocycles. The van der Waals surface area contributed by atoms with Crippen molar-refractivity contribution in [1.29, 1.82) is 0 Å². The maximum Gasteiger partial charge on any atom is 0.243 e. The minimum absolute atomic E-state index is 0.00462. The fourth-order valence-electron chi connectivity index (χ4n) is 9.56. The van der Waals surface area contributed by atoms with Crippen LogP contribution in [0.1, 0.15) is 115 Å². The van der Waals surface area contributed by atoms with E-state index in [1.807, 2.05) is 43.4 Å². The third kappa shape index (κ3) is 9.88. The van der Waals surface area contributed by atoms with Crippen LogP contribution < -0.4 is 21.7 Å². The molecule has 0 bridgehead atoms. The highest BCUT2D eigenvalue weighted by atomic mass is 16.3. The first-order chi connectivity index (χ1) is 26.5. The summed E-state index contributed by atoms with van der Waals surface area (Å²) in [7, 11) is 0. The van der Waals surface area contributed by atoms with Gasteiger partial charge in [-0.1, -0.05) is 67.2 Å². The molecule has 3 aliphatic rings. The van der Waals surface area contributed by atoms with Gasteiger partial charge < -0.3 is 41.9 Å². The molecule has 1 aromatic rings. The van der Waals surface area contributed by atoms with Gasteiger partial charge in [-0.3, -0.25) is 14.9 Å². The zero-order chi connectivity index (χ0) is 41.4. The lowest BCUT2D eigenvalue weighted by molar-refractivity contribution is -0.167. The van der Waals surface area contributed by atoms with Gasteiger partial charge in [0.1, 0.15) is 12.2 Å². The van der Waals surface area contributed by atoms with Gasteiger partial charge in [-0.15, -0.1) is 0 Å². The fourth-order valence-corrected chi connectivity index (χ4v) is 9.56. The highest BCUT2D eigenvalue weighted by Crippen LogP contribution is 2.63. The first-order valence-corrected chi connectivity index (χ1v) is 20.4. The van der Waals surface area contributed by atoms with Crippen LogP contribution in [0.25, 0.3) is 0 Å². The number of aliphatic hydroxyl groups is 5. The number of rotatable bonds is 18. The number of fused-ring (bicyclic) bond motifs is 1. The molecule has 0 aromatic heterocycles. The molecular formula is C45H68N4O7. The Hall–Kier alpha value is -3.26. The summed E-state index contributed by atoms with van der Waals surface area (Å²) in [6.07, 6.45) is 8.87. The SMILES string of the molecule is C=C(/C=C/C=C(/CO)[C@H]1CC[C@@]2([C@H](CCCO)/C(=C(\C)C(=O)Cc3cccc4c3[C@H](NC[C@H](C)O)C(=O)N[C@@H]4N)CC[C@@]2(C)O)[C@@H]1O)[C@H](CC=C(C)C)NCC. The molecule has 0 unspecified atom stereocenters. The van der Waals surface area contributed by atoms with Gasteiger partial charge in [0.05, 0.1) is 24.4 Å². The first-order valence-electron chi connectivity index (χ1n) is 20.4. The van der Waals surface area contributed by atoms with Gasteiger partial charge in [-0.05, 0) is 125 Å². The van der Waals surface area contributed by atoms with Gasteiger partial charge in [0.2, 0.25) is 5.91 Å². The van der Waals surface area contributed by atoms with Gasteiger partial charge >= 0.3 is 0 Å². The number of nitrogens with two attached hydrogens (primary N) is 1. The number of aliphatic hydroxyl groups excluding tert-OH is 4.